The zero-order valence-electron chi connectivity index (χ0n) is 14.6. The van der Waals surface area contributed by atoms with Gasteiger partial charge in [-0.3, -0.25) is 0 Å². The van der Waals surface area contributed by atoms with E-state index in [-0.39, 0.29) is 0 Å². The largest absolute Gasteiger partial charge is 0.311 e. The van der Waals surface area contributed by atoms with Gasteiger partial charge in [0.25, 0.3) is 0 Å². The molecule has 3 rings (SSSR count). The van der Waals surface area contributed by atoms with Crippen molar-refractivity contribution >= 4 is 0 Å². The van der Waals surface area contributed by atoms with Crippen LogP contribution in [0.25, 0.3) is 0 Å². The highest BCUT2D eigenvalue weighted by Gasteiger charge is 2.38. The lowest BCUT2D eigenvalue weighted by Gasteiger charge is -2.49. The molecule has 2 nitrogen and oxygen atoms in total. The molecule has 5 unspecified atom stereocenters. The van der Waals surface area contributed by atoms with E-state index in [9.17, 15) is 0 Å². The van der Waals surface area contributed by atoms with Crippen LogP contribution in [0, 0.1) is 17.8 Å². The number of nitrogens with one attached hydrogen (secondary N) is 1. The Balaban J connectivity index is 1.62. The van der Waals surface area contributed by atoms with Gasteiger partial charge >= 0.3 is 0 Å². The SMILES string of the molecule is CC1CCC(C(C)C)C(NC2CC3CCCC(C2)N3C)C1. The molecule has 21 heavy (non-hydrogen) atoms. The van der Waals surface area contributed by atoms with E-state index in [2.05, 4.69) is 38.0 Å². The molecule has 3 aliphatic rings. The maximum absolute atomic E-state index is 4.14. The molecule has 2 heteroatoms. The minimum absolute atomic E-state index is 0.780. The third-order valence-corrected chi connectivity index (χ3v) is 6.81. The Labute approximate surface area is 132 Å². The molecule has 0 aromatic rings. The first-order chi connectivity index (χ1) is 10.0. The van der Waals surface area contributed by atoms with E-state index in [0.29, 0.717) is 0 Å². The molecule has 122 valence electrons. The third-order valence-electron chi connectivity index (χ3n) is 6.81. The van der Waals surface area contributed by atoms with Gasteiger partial charge in [-0.15, -0.1) is 0 Å². The van der Waals surface area contributed by atoms with Crippen LogP contribution in [0.15, 0.2) is 0 Å². The fourth-order valence-electron chi connectivity index (χ4n) is 5.45. The smallest absolute Gasteiger partial charge is 0.0110 e. The third kappa shape index (κ3) is 3.47. The summed E-state index contributed by atoms with van der Waals surface area (Å²) in [6.45, 7) is 7.31. The van der Waals surface area contributed by atoms with Crippen molar-refractivity contribution in [2.45, 2.75) is 96.3 Å². The molecule has 1 saturated carbocycles. The minimum atomic E-state index is 0.780. The van der Waals surface area contributed by atoms with Crippen LogP contribution in [0.1, 0.15) is 72.1 Å². The fraction of sp³-hybridized carbons (Fsp3) is 1.00. The average molecular weight is 293 g/mol. The van der Waals surface area contributed by atoms with Crippen molar-refractivity contribution in [1.82, 2.24) is 10.2 Å². The molecule has 0 aromatic carbocycles. The van der Waals surface area contributed by atoms with Crippen LogP contribution in [-0.2, 0) is 0 Å². The first-order valence-corrected chi connectivity index (χ1v) is 9.52. The topological polar surface area (TPSA) is 15.3 Å². The summed E-state index contributed by atoms with van der Waals surface area (Å²) < 4.78 is 0. The fourth-order valence-corrected chi connectivity index (χ4v) is 5.45. The van der Waals surface area contributed by atoms with Gasteiger partial charge in [0, 0.05) is 24.2 Å². The average Bonchev–Trinajstić information content (AvgIpc) is 2.39. The Morgan fingerprint density at radius 1 is 0.952 bits per heavy atom. The van der Waals surface area contributed by atoms with E-state index in [4.69, 9.17) is 0 Å². The first-order valence-electron chi connectivity index (χ1n) is 9.52. The lowest BCUT2D eigenvalue weighted by Crippen LogP contribution is -2.57. The molecule has 2 saturated heterocycles. The van der Waals surface area contributed by atoms with Gasteiger partial charge in [-0.25, -0.2) is 0 Å². The molecule has 0 radical (unpaired) electrons. The van der Waals surface area contributed by atoms with Crippen LogP contribution in [0.2, 0.25) is 0 Å². The van der Waals surface area contributed by atoms with Gasteiger partial charge in [-0.2, -0.15) is 0 Å². The second-order valence-electron chi connectivity index (χ2n) is 8.67. The van der Waals surface area contributed by atoms with Gasteiger partial charge in [-0.1, -0.05) is 33.6 Å². The standard InChI is InChI=1S/C19H36N2/c1-13(2)18-9-8-14(3)10-19(18)20-15-11-16-6-5-7-17(12-15)21(16)4/h13-20H,5-12H2,1-4H3. The van der Waals surface area contributed by atoms with Crippen LogP contribution in [0.4, 0.5) is 0 Å². The second-order valence-corrected chi connectivity index (χ2v) is 8.67. The molecule has 0 spiro atoms. The van der Waals surface area contributed by atoms with Crippen LogP contribution in [0.5, 0.6) is 0 Å². The van der Waals surface area contributed by atoms with E-state index < -0.39 is 0 Å². The summed E-state index contributed by atoms with van der Waals surface area (Å²) in [5.74, 6) is 2.66. The van der Waals surface area contributed by atoms with Gasteiger partial charge in [0.1, 0.15) is 0 Å². The summed E-state index contributed by atoms with van der Waals surface area (Å²) in [5.41, 5.74) is 0. The van der Waals surface area contributed by atoms with E-state index in [1.807, 2.05) is 0 Å². The zero-order chi connectivity index (χ0) is 15.0. The van der Waals surface area contributed by atoms with Crippen molar-refractivity contribution in [3.05, 3.63) is 0 Å². The lowest BCUT2D eigenvalue weighted by atomic mass is 9.73. The minimum Gasteiger partial charge on any atom is -0.311 e. The van der Waals surface area contributed by atoms with Crippen LogP contribution >= 0.6 is 0 Å². The summed E-state index contributed by atoms with van der Waals surface area (Å²) >= 11 is 0. The van der Waals surface area contributed by atoms with Gasteiger partial charge in [0.05, 0.1) is 0 Å². The summed E-state index contributed by atoms with van der Waals surface area (Å²) in [4.78, 5) is 2.69. The Hall–Kier alpha value is -0.0800. The number of hydrogen-bond donors (Lipinski definition) is 1. The summed E-state index contributed by atoms with van der Waals surface area (Å²) in [7, 11) is 2.37. The van der Waals surface area contributed by atoms with Gasteiger partial charge in [-0.05, 0) is 63.3 Å². The maximum Gasteiger partial charge on any atom is 0.0110 e. The van der Waals surface area contributed by atoms with Gasteiger partial charge in [0.15, 0.2) is 0 Å². The molecule has 2 heterocycles. The molecule has 5 atom stereocenters. The van der Waals surface area contributed by atoms with Crippen molar-refractivity contribution in [1.29, 1.82) is 0 Å². The van der Waals surface area contributed by atoms with E-state index in [0.717, 1.165) is 41.9 Å². The van der Waals surface area contributed by atoms with Crippen molar-refractivity contribution < 1.29 is 0 Å². The Morgan fingerprint density at radius 3 is 2.24 bits per heavy atom. The number of rotatable bonds is 3. The number of fused-ring (bicyclic) bond motifs is 2. The normalized spacial score (nSPS) is 45.0. The Bertz CT molecular complexity index is 326. The highest BCUT2D eigenvalue weighted by Crippen LogP contribution is 2.37. The van der Waals surface area contributed by atoms with E-state index >= 15 is 0 Å². The monoisotopic (exact) mass is 292 g/mol. The van der Waals surface area contributed by atoms with Crippen LogP contribution < -0.4 is 5.32 Å². The molecule has 0 amide bonds. The molecule has 0 aromatic heterocycles. The quantitative estimate of drug-likeness (QED) is 0.844. The molecule has 1 N–H and O–H groups in total. The van der Waals surface area contributed by atoms with Gasteiger partial charge in [0.2, 0.25) is 0 Å². The molecular formula is C19H36N2. The van der Waals surface area contributed by atoms with Gasteiger partial charge < -0.3 is 10.2 Å². The van der Waals surface area contributed by atoms with Crippen molar-refractivity contribution in [2.24, 2.45) is 17.8 Å². The van der Waals surface area contributed by atoms with Crippen molar-refractivity contribution in [2.75, 3.05) is 7.05 Å². The molecule has 2 aliphatic heterocycles. The Morgan fingerprint density at radius 2 is 1.62 bits per heavy atom. The predicted octanol–water partition coefficient (Wildman–Crippen LogP) is 4.05. The molecule has 3 fully saturated rings. The van der Waals surface area contributed by atoms with Crippen molar-refractivity contribution in [3.8, 4) is 0 Å². The zero-order valence-corrected chi connectivity index (χ0v) is 14.6. The number of piperidine rings is 2. The van der Waals surface area contributed by atoms with Crippen LogP contribution in [-0.4, -0.2) is 36.1 Å². The molecule has 2 bridgehead atoms. The number of hydrogen-bond acceptors (Lipinski definition) is 2. The second kappa shape index (κ2) is 6.58. The molecule has 1 aliphatic carbocycles. The highest BCUT2D eigenvalue weighted by molar-refractivity contribution is 4.96. The maximum atomic E-state index is 4.14. The summed E-state index contributed by atoms with van der Waals surface area (Å²) in [5, 5.41) is 4.14. The van der Waals surface area contributed by atoms with Crippen LogP contribution in [0.3, 0.4) is 0 Å². The van der Waals surface area contributed by atoms with E-state index in [1.165, 1.54) is 51.4 Å². The molecular weight excluding hydrogens is 256 g/mol. The highest BCUT2D eigenvalue weighted by atomic mass is 15.2. The number of nitrogens with zero attached hydrogens (tertiary/aromatic N) is 1. The lowest BCUT2D eigenvalue weighted by molar-refractivity contribution is 0.0374. The predicted molar refractivity (Wildman–Crippen MR) is 90.5 cm³/mol. The summed E-state index contributed by atoms with van der Waals surface area (Å²) in [6.07, 6.45) is 11.4. The summed E-state index contributed by atoms with van der Waals surface area (Å²) in [6, 6.07) is 3.28. The van der Waals surface area contributed by atoms with Crippen molar-refractivity contribution in [3.63, 3.8) is 0 Å². The van der Waals surface area contributed by atoms with E-state index in [1.54, 1.807) is 0 Å². The Kier molecular flexibility index (Phi) is 4.95. The first kappa shape index (κ1) is 15.8.